The molecule has 1 aromatic carbocycles. The second kappa shape index (κ2) is 10.8. The molecule has 184 valence electrons. The number of allylic oxidation sites excluding steroid dienone is 1. The van der Waals surface area contributed by atoms with Crippen LogP contribution in [0.25, 0.3) is 0 Å². The maximum absolute atomic E-state index is 13.4. The Labute approximate surface area is 202 Å². The standard InChI is InChI=1S/C25H35N5O3S/c1-2-15-30-23-12-9-20(27-14-13-19-7-10-21(11-8-19)34(26,32)33)18-22(23)24(28-30)25(31)29-16-5-3-4-6-17-29/h2,7-8,10-11,20,27H,1,3-6,9,12-18H2,(H2,26,32,33). The van der Waals surface area contributed by atoms with Crippen LogP contribution in [-0.2, 0) is 35.8 Å². The number of aromatic nitrogens is 2. The fraction of sp³-hybridized carbons (Fsp3) is 0.520. The smallest absolute Gasteiger partial charge is 0.274 e. The van der Waals surface area contributed by atoms with Crippen LogP contribution in [0.4, 0.5) is 0 Å². The minimum Gasteiger partial charge on any atom is -0.337 e. The van der Waals surface area contributed by atoms with Gasteiger partial charge in [-0.05, 0) is 62.8 Å². The number of nitrogens with zero attached hydrogens (tertiary/aromatic N) is 3. The summed E-state index contributed by atoms with van der Waals surface area (Å²) in [6.45, 7) is 6.86. The van der Waals surface area contributed by atoms with Gasteiger partial charge >= 0.3 is 0 Å². The molecule has 0 saturated carbocycles. The third-order valence-electron chi connectivity index (χ3n) is 6.84. The highest BCUT2D eigenvalue weighted by Crippen LogP contribution is 2.27. The summed E-state index contributed by atoms with van der Waals surface area (Å²) in [7, 11) is -3.67. The van der Waals surface area contributed by atoms with E-state index in [0.29, 0.717) is 12.2 Å². The molecule has 34 heavy (non-hydrogen) atoms. The highest BCUT2D eigenvalue weighted by atomic mass is 32.2. The molecule has 3 N–H and O–H groups in total. The molecule has 2 heterocycles. The van der Waals surface area contributed by atoms with E-state index in [0.717, 1.165) is 75.0 Å². The number of likely N-dealkylation sites (tertiary alicyclic amines) is 1. The Morgan fingerprint density at radius 3 is 2.53 bits per heavy atom. The van der Waals surface area contributed by atoms with Gasteiger partial charge < -0.3 is 10.2 Å². The predicted molar refractivity (Wildman–Crippen MR) is 132 cm³/mol. The Balaban J connectivity index is 1.42. The van der Waals surface area contributed by atoms with Crippen molar-refractivity contribution >= 4 is 15.9 Å². The number of hydrogen-bond donors (Lipinski definition) is 2. The van der Waals surface area contributed by atoms with E-state index in [1.54, 1.807) is 24.3 Å². The van der Waals surface area contributed by atoms with Gasteiger partial charge in [-0.15, -0.1) is 6.58 Å². The van der Waals surface area contributed by atoms with Crippen LogP contribution < -0.4 is 10.5 Å². The summed E-state index contributed by atoms with van der Waals surface area (Å²) in [5.74, 6) is 0.0663. The molecule has 1 atom stereocenters. The number of benzene rings is 1. The molecule has 1 fully saturated rings. The molecule has 1 amide bonds. The van der Waals surface area contributed by atoms with Crippen molar-refractivity contribution in [1.29, 1.82) is 0 Å². The van der Waals surface area contributed by atoms with Crippen LogP contribution in [0, 0.1) is 0 Å². The Morgan fingerprint density at radius 1 is 1.18 bits per heavy atom. The van der Waals surface area contributed by atoms with E-state index in [2.05, 4.69) is 11.9 Å². The van der Waals surface area contributed by atoms with Crippen molar-refractivity contribution in [3.8, 4) is 0 Å². The van der Waals surface area contributed by atoms with Gasteiger partial charge in [-0.2, -0.15) is 5.10 Å². The predicted octanol–water partition coefficient (Wildman–Crippen LogP) is 2.42. The van der Waals surface area contributed by atoms with Gasteiger partial charge in [0, 0.05) is 30.4 Å². The van der Waals surface area contributed by atoms with E-state index in [-0.39, 0.29) is 16.8 Å². The van der Waals surface area contributed by atoms with Crippen LogP contribution in [-0.4, -0.2) is 54.7 Å². The first-order chi connectivity index (χ1) is 16.4. The summed E-state index contributed by atoms with van der Waals surface area (Å²) in [6.07, 6.45) is 9.75. The fourth-order valence-electron chi connectivity index (χ4n) is 5.00. The van der Waals surface area contributed by atoms with Gasteiger partial charge in [0.25, 0.3) is 5.91 Å². The van der Waals surface area contributed by atoms with Crippen LogP contribution >= 0.6 is 0 Å². The topological polar surface area (TPSA) is 110 Å². The van der Waals surface area contributed by atoms with E-state index < -0.39 is 10.0 Å². The third-order valence-corrected chi connectivity index (χ3v) is 7.77. The summed E-state index contributed by atoms with van der Waals surface area (Å²) in [6, 6.07) is 6.97. The van der Waals surface area contributed by atoms with Gasteiger partial charge in [-0.1, -0.05) is 31.1 Å². The summed E-state index contributed by atoms with van der Waals surface area (Å²) < 4.78 is 24.8. The summed E-state index contributed by atoms with van der Waals surface area (Å²) in [5, 5.41) is 13.5. The number of rotatable bonds is 8. The van der Waals surface area contributed by atoms with E-state index in [4.69, 9.17) is 10.2 Å². The van der Waals surface area contributed by atoms with Crippen molar-refractivity contribution in [2.75, 3.05) is 19.6 Å². The maximum atomic E-state index is 13.4. The molecule has 0 bridgehead atoms. The molecule has 4 rings (SSSR count). The van der Waals surface area contributed by atoms with E-state index in [1.807, 2.05) is 15.7 Å². The molecule has 2 aliphatic rings. The average Bonchev–Trinajstić information content (AvgIpc) is 2.98. The largest absolute Gasteiger partial charge is 0.337 e. The van der Waals surface area contributed by atoms with Crippen LogP contribution in [0.1, 0.15) is 59.4 Å². The van der Waals surface area contributed by atoms with Crippen molar-refractivity contribution in [1.82, 2.24) is 20.0 Å². The molecule has 1 unspecified atom stereocenters. The minimum absolute atomic E-state index is 0.0663. The summed E-state index contributed by atoms with van der Waals surface area (Å²) in [4.78, 5) is 15.5. The quantitative estimate of drug-likeness (QED) is 0.558. The molecule has 8 nitrogen and oxygen atoms in total. The Morgan fingerprint density at radius 2 is 1.88 bits per heavy atom. The van der Waals surface area contributed by atoms with E-state index in [1.165, 1.54) is 12.8 Å². The zero-order valence-corrected chi connectivity index (χ0v) is 20.5. The zero-order chi connectivity index (χ0) is 24.1. The molecule has 1 aromatic heterocycles. The highest BCUT2D eigenvalue weighted by Gasteiger charge is 2.31. The molecule has 0 radical (unpaired) electrons. The van der Waals surface area contributed by atoms with Crippen molar-refractivity contribution in [2.45, 2.75) is 68.8 Å². The van der Waals surface area contributed by atoms with E-state index in [9.17, 15) is 13.2 Å². The zero-order valence-electron chi connectivity index (χ0n) is 19.7. The second-order valence-corrected chi connectivity index (χ2v) is 10.8. The normalized spacial score (nSPS) is 18.9. The molecule has 1 aliphatic carbocycles. The number of amides is 1. The van der Waals surface area contributed by atoms with E-state index >= 15 is 0 Å². The van der Waals surface area contributed by atoms with Gasteiger partial charge in [0.1, 0.15) is 0 Å². The van der Waals surface area contributed by atoms with Crippen molar-refractivity contribution in [3.63, 3.8) is 0 Å². The molecule has 1 aliphatic heterocycles. The third kappa shape index (κ3) is 5.76. The SMILES string of the molecule is C=CCn1nc(C(=O)N2CCCCCC2)c2c1CCC(NCCc1ccc(S(N)(=O)=O)cc1)C2. The van der Waals surface area contributed by atoms with Gasteiger partial charge in [0.15, 0.2) is 5.69 Å². The van der Waals surface area contributed by atoms with Gasteiger partial charge in [0.05, 0.1) is 11.4 Å². The van der Waals surface area contributed by atoms with Gasteiger partial charge in [-0.3, -0.25) is 9.48 Å². The Bertz CT molecular complexity index is 1120. The van der Waals surface area contributed by atoms with Crippen molar-refractivity contribution in [3.05, 3.63) is 59.4 Å². The number of carbonyl (C=O) groups is 1. The average molecular weight is 486 g/mol. The first-order valence-corrected chi connectivity index (χ1v) is 13.8. The van der Waals surface area contributed by atoms with Crippen LogP contribution in [0.5, 0.6) is 0 Å². The highest BCUT2D eigenvalue weighted by molar-refractivity contribution is 7.89. The number of fused-ring (bicyclic) bond motifs is 1. The van der Waals surface area contributed by atoms with Crippen molar-refractivity contribution < 1.29 is 13.2 Å². The molecule has 2 aromatic rings. The Kier molecular flexibility index (Phi) is 7.85. The van der Waals surface area contributed by atoms with Crippen LogP contribution in [0.2, 0.25) is 0 Å². The number of carbonyl (C=O) groups excluding carboxylic acids is 1. The number of hydrogen-bond acceptors (Lipinski definition) is 5. The Hall–Kier alpha value is -2.49. The van der Waals surface area contributed by atoms with Crippen LogP contribution in [0.15, 0.2) is 41.8 Å². The maximum Gasteiger partial charge on any atom is 0.274 e. The number of nitrogens with two attached hydrogens (primary N) is 1. The lowest BCUT2D eigenvalue weighted by atomic mass is 9.91. The molecule has 9 heteroatoms. The molecule has 1 saturated heterocycles. The van der Waals surface area contributed by atoms with Crippen molar-refractivity contribution in [2.24, 2.45) is 5.14 Å². The number of primary sulfonamides is 1. The molecular weight excluding hydrogens is 450 g/mol. The lowest BCUT2D eigenvalue weighted by molar-refractivity contribution is 0.0753. The minimum atomic E-state index is -3.67. The first-order valence-electron chi connectivity index (χ1n) is 12.2. The number of sulfonamides is 1. The molecule has 0 spiro atoms. The lowest BCUT2D eigenvalue weighted by Crippen LogP contribution is -2.37. The summed E-state index contributed by atoms with van der Waals surface area (Å²) >= 11 is 0. The lowest BCUT2D eigenvalue weighted by Gasteiger charge is -2.25. The van der Waals surface area contributed by atoms with Crippen LogP contribution in [0.3, 0.4) is 0 Å². The van der Waals surface area contributed by atoms with Gasteiger partial charge in [0.2, 0.25) is 10.0 Å². The monoisotopic (exact) mass is 485 g/mol. The molecular formula is C25H35N5O3S. The fourth-order valence-corrected chi connectivity index (χ4v) is 5.51. The van der Waals surface area contributed by atoms with Gasteiger partial charge in [-0.25, -0.2) is 13.6 Å². The second-order valence-electron chi connectivity index (χ2n) is 9.28. The summed E-state index contributed by atoms with van der Waals surface area (Å²) in [5.41, 5.74) is 3.91. The number of nitrogens with one attached hydrogen (secondary N) is 1. The first kappa shape index (κ1) is 24.6.